The van der Waals surface area contributed by atoms with Gasteiger partial charge in [-0.05, 0) is 35.7 Å². The van der Waals surface area contributed by atoms with Gasteiger partial charge in [-0.2, -0.15) is 0 Å². The number of amides is 2. The maximum Gasteiger partial charge on any atom is 0.269 e. The Morgan fingerprint density at radius 2 is 1.62 bits per heavy atom. The van der Waals surface area contributed by atoms with E-state index in [-0.39, 0.29) is 23.5 Å². The van der Waals surface area contributed by atoms with Crippen LogP contribution in [0.3, 0.4) is 0 Å². The number of hydrogen-bond donors (Lipinski definition) is 3. The molecular formula is C19H22N2O3. The molecule has 0 aliphatic heterocycles. The number of nitrogens with one attached hydrogen (secondary N) is 2. The van der Waals surface area contributed by atoms with Crippen molar-refractivity contribution in [3.8, 4) is 5.75 Å². The first-order chi connectivity index (χ1) is 11.5. The number of rotatable bonds is 5. The highest BCUT2D eigenvalue weighted by Gasteiger charge is 2.26. The number of phenols is 1. The molecule has 0 aromatic heterocycles. The summed E-state index contributed by atoms with van der Waals surface area (Å²) in [4.78, 5) is 24.6. The molecule has 2 aromatic carbocycles. The Hall–Kier alpha value is -2.82. The Bertz CT molecular complexity index is 684. The van der Waals surface area contributed by atoms with Crippen LogP contribution in [-0.4, -0.2) is 16.9 Å². The molecule has 0 aliphatic rings. The van der Waals surface area contributed by atoms with Gasteiger partial charge in [0.25, 0.3) is 5.91 Å². The lowest BCUT2D eigenvalue weighted by molar-refractivity contribution is -0.124. The zero-order valence-electron chi connectivity index (χ0n) is 13.8. The molecule has 0 fully saturated rings. The third-order valence-corrected chi connectivity index (χ3v) is 4.08. The van der Waals surface area contributed by atoms with Gasteiger partial charge in [-0.1, -0.05) is 50.6 Å². The van der Waals surface area contributed by atoms with Crippen molar-refractivity contribution >= 4 is 11.8 Å². The van der Waals surface area contributed by atoms with E-state index in [4.69, 9.17) is 0 Å². The lowest BCUT2D eigenvalue weighted by Crippen LogP contribution is -2.45. The molecule has 0 spiro atoms. The van der Waals surface area contributed by atoms with Gasteiger partial charge in [0.2, 0.25) is 5.91 Å². The van der Waals surface area contributed by atoms with Gasteiger partial charge in [0.1, 0.15) is 5.75 Å². The van der Waals surface area contributed by atoms with Crippen LogP contribution in [0.1, 0.15) is 42.1 Å². The van der Waals surface area contributed by atoms with Crippen LogP contribution in [0, 0.1) is 5.92 Å². The molecular weight excluding hydrogens is 304 g/mol. The van der Waals surface area contributed by atoms with E-state index in [2.05, 4.69) is 10.9 Å². The summed E-state index contributed by atoms with van der Waals surface area (Å²) in [5, 5.41) is 9.24. The van der Waals surface area contributed by atoms with E-state index in [1.54, 1.807) is 0 Å². The predicted molar refractivity (Wildman–Crippen MR) is 92.4 cm³/mol. The summed E-state index contributed by atoms with van der Waals surface area (Å²) in [5.41, 5.74) is 6.21. The highest BCUT2D eigenvalue weighted by Crippen LogP contribution is 2.26. The van der Waals surface area contributed by atoms with Crippen molar-refractivity contribution in [3.63, 3.8) is 0 Å². The second-order valence-corrected chi connectivity index (χ2v) is 5.76. The average molecular weight is 326 g/mol. The standard InChI is InChI=1S/C19H22N2O3/c1-3-13(2)17(14-7-5-4-6-8-14)19(24)21-20-18(23)15-9-11-16(22)12-10-15/h4-13,17,22H,3H2,1-2H3,(H,20,23)(H,21,24)/t13-,17+/m1/s1. The Labute approximate surface area is 141 Å². The molecule has 0 saturated carbocycles. The van der Waals surface area contributed by atoms with Gasteiger partial charge in [0, 0.05) is 5.56 Å². The minimum Gasteiger partial charge on any atom is -0.508 e. The van der Waals surface area contributed by atoms with Gasteiger partial charge in [-0.15, -0.1) is 0 Å². The fourth-order valence-corrected chi connectivity index (χ4v) is 2.52. The lowest BCUT2D eigenvalue weighted by Gasteiger charge is -2.22. The number of hydrogen-bond acceptors (Lipinski definition) is 3. The third kappa shape index (κ3) is 4.35. The van der Waals surface area contributed by atoms with Gasteiger partial charge in [-0.3, -0.25) is 20.4 Å². The first-order valence-corrected chi connectivity index (χ1v) is 7.97. The molecule has 5 heteroatoms. The highest BCUT2D eigenvalue weighted by atomic mass is 16.3. The first-order valence-electron chi connectivity index (χ1n) is 7.97. The molecule has 2 atom stereocenters. The molecule has 2 rings (SSSR count). The van der Waals surface area contributed by atoms with Gasteiger partial charge >= 0.3 is 0 Å². The summed E-state index contributed by atoms with van der Waals surface area (Å²) in [7, 11) is 0. The molecule has 0 heterocycles. The van der Waals surface area contributed by atoms with E-state index in [9.17, 15) is 14.7 Å². The molecule has 2 amide bonds. The number of carbonyl (C=O) groups excluding carboxylic acids is 2. The molecule has 0 radical (unpaired) electrons. The Morgan fingerprint density at radius 3 is 2.21 bits per heavy atom. The maximum atomic E-state index is 12.6. The van der Waals surface area contributed by atoms with Crippen LogP contribution in [0.2, 0.25) is 0 Å². The van der Waals surface area contributed by atoms with Crippen molar-refractivity contribution in [2.75, 3.05) is 0 Å². The number of phenolic OH excluding ortho intramolecular Hbond substituents is 1. The van der Waals surface area contributed by atoms with E-state index in [0.29, 0.717) is 5.56 Å². The molecule has 3 N–H and O–H groups in total. The fraction of sp³-hybridized carbons (Fsp3) is 0.263. The minimum atomic E-state index is -0.431. The molecule has 0 unspecified atom stereocenters. The maximum absolute atomic E-state index is 12.6. The SMILES string of the molecule is CC[C@@H](C)[C@H](C(=O)NNC(=O)c1ccc(O)cc1)c1ccccc1. The molecule has 0 bridgehead atoms. The van der Waals surface area contributed by atoms with Crippen molar-refractivity contribution in [2.24, 2.45) is 5.92 Å². The van der Waals surface area contributed by atoms with Crippen molar-refractivity contribution in [3.05, 3.63) is 65.7 Å². The second kappa shape index (κ2) is 8.15. The summed E-state index contributed by atoms with van der Waals surface area (Å²) in [5.74, 6) is -0.798. The van der Waals surface area contributed by atoms with Crippen LogP contribution in [0.15, 0.2) is 54.6 Å². The quantitative estimate of drug-likeness (QED) is 0.739. The monoisotopic (exact) mass is 326 g/mol. The summed E-state index contributed by atoms with van der Waals surface area (Å²) in [6, 6.07) is 15.3. The van der Waals surface area contributed by atoms with Crippen LogP contribution < -0.4 is 10.9 Å². The number of aromatic hydroxyl groups is 1. The molecule has 24 heavy (non-hydrogen) atoms. The first kappa shape index (κ1) is 17.5. The number of benzene rings is 2. The Balaban J connectivity index is 2.05. The van der Waals surface area contributed by atoms with Gasteiger partial charge < -0.3 is 5.11 Å². The molecule has 0 saturated heterocycles. The third-order valence-electron chi connectivity index (χ3n) is 4.08. The van der Waals surface area contributed by atoms with Gasteiger partial charge in [0.05, 0.1) is 5.92 Å². The zero-order chi connectivity index (χ0) is 17.5. The van der Waals surface area contributed by atoms with Crippen molar-refractivity contribution in [1.29, 1.82) is 0 Å². The highest BCUT2D eigenvalue weighted by molar-refractivity contribution is 5.96. The Kier molecular flexibility index (Phi) is 5.95. The van der Waals surface area contributed by atoms with Crippen LogP contribution in [0.25, 0.3) is 0 Å². The largest absolute Gasteiger partial charge is 0.508 e. The van der Waals surface area contributed by atoms with Crippen molar-refractivity contribution in [1.82, 2.24) is 10.9 Å². The molecule has 2 aromatic rings. The summed E-state index contributed by atoms with van der Waals surface area (Å²) >= 11 is 0. The van der Waals surface area contributed by atoms with E-state index in [1.165, 1.54) is 24.3 Å². The molecule has 0 aliphatic carbocycles. The lowest BCUT2D eigenvalue weighted by atomic mass is 9.85. The second-order valence-electron chi connectivity index (χ2n) is 5.76. The number of hydrazine groups is 1. The van der Waals surface area contributed by atoms with Crippen molar-refractivity contribution < 1.29 is 14.7 Å². The minimum absolute atomic E-state index is 0.0801. The predicted octanol–water partition coefficient (Wildman–Crippen LogP) is 2.98. The van der Waals surface area contributed by atoms with Crippen LogP contribution in [-0.2, 0) is 4.79 Å². The number of carbonyl (C=O) groups is 2. The fourth-order valence-electron chi connectivity index (χ4n) is 2.52. The van der Waals surface area contributed by atoms with E-state index in [0.717, 1.165) is 12.0 Å². The van der Waals surface area contributed by atoms with E-state index in [1.807, 2.05) is 44.2 Å². The van der Waals surface area contributed by atoms with E-state index < -0.39 is 5.91 Å². The smallest absolute Gasteiger partial charge is 0.269 e. The molecule has 126 valence electrons. The average Bonchev–Trinajstić information content (AvgIpc) is 2.61. The van der Waals surface area contributed by atoms with E-state index >= 15 is 0 Å². The van der Waals surface area contributed by atoms with Gasteiger partial charge in [-0.25, -0.2) is 0 Å². The normalized spacial score (nSPS) is 12.9. The topological polar surface area (TPSA) is 78.4 Å². The Morgan fingerprint density at radius 1 is 1.00 bits per heavy atom. The van der Waals surface area contributed by atoms with Crippen LogP contribution in [0.4, 0.5) is 0 Å². The summed E-state index contributed by atoms with van der Waals surface area (Å²) < 4.78 is 0. The molecule has 5 nitrogen and oxygen atoms in total. The zero-order valence-corrected chi connectivity index (χ0v) is 13.8. The van der Waals surface area contributed by atoms with Crippen LogP contribution >= 0.6 is 0 Å². The van der Waals surface area contributed by atoms with Gasteiger partial charge in [0.15, 0.2) is 0 Å². The summed E-state index contributed by atoms with van der Waals surface area (Å²) in [6.07, 6.45) is 0.846. The van der Waals surface area contributed by atoms with Crippen LogP contribution in [0.5, 0.6) is 5.75 Å². The summed E-state index contributed by atoms with van der Waals surface area (Å²) in [6.45, 7) is 4.04. The van der Waals surface area contributed by atoms with Crippen molar-refractivity contribution in [2.45, 2.75) is 26.2 Å².